The molecule has 0 aliphatic carbocycles. The molecule has 1 fully saturated rings. The van der Waals surface area contributed by atoms with E-state index in [1.165, 1.54) is 26.4 Å². The largest absolute Gasteiger partial charge is 0.496 e. The molecule has 1 N–H and O–H groups in total. The van der Waals surface area contributed by atoms with Crippen molar-refractivity contribution < 1.29 is 23.0 Å². The van der Waals surface area contributed by atoms with Crippen molar-refractivity contribution in [1.82, 2.24) is 24.1 Å². The summed E-state index contributed by atoms with van der Waals surface area (Å²) in [6.07, 6.45) is 6.86. The molecule has 0 unspecified atom stereocenters. The molecule has 37 heavy (non-hydrogen) atoms. The first-order chi connectivity index (χ1) is 17.7. The minimum absolute atomic E-state index is 0.0255. The van der Waals surface area contributed by atoms with Crippen molar-refractivity contribution in [3.8, 4) is 22.7 Å². The maximum Gasteiger partial charge on any atom is 0.411 e. The van der Waals surface area contributed by atoms with Crippen molar-refractivity contribution in [2.45, 2.75) is 25.4 Å². The van der Waals surface area contributed by atoms with Crippen LogP contribution in [0.25, 0.3) is 22.6 Å². The zero-order valence-corrected chi connectivity index (χ0v) is 21.1. The lowest BCUT2D eigenvalue weighted by molar-refractivity contribution is 0.0646. The van der Waals surface area contributed by atoms with E-state index >= 15 is 4.39 Å². The second kappa shape index (κ2) is 9.47. The van der Waals surface area contributed by atoms with Gasteiger partial charge in [-0.3, -0.25) is 9.72 Å². The predicted molar refractivity (Wildman–Crippen MR) is 135 cm³/mol. The van der Waals surface area contributed by atoms with Crippen molar-refractivity contribution in [3.05, 3.63) is 59.9 Å². The van der Waals surface area contributed by atoms with Gasteiger partial charge in [0.15, 0.2) is 0 Å². The first-order valence-electron chi connectivity index (χ1n) is 11.9. The van der Waals surface area contributed by atoms with Gasteiger partial charge in [0.1, 0.15) is 22.9 Å². The molecule has 194 valence electrons. The van der Waals surface area contributed by atoms with E-state index in [1.54, 1.807) is 42.5 Å². The number of halogens is 2. The molecule has 3 aromatic heterocycles. The molecule has 0 radical (unpaired) electrons. The topological polar surface area (TPSA) is 85.9 Å². The first-order valence-corrected chi connectivity index (χ1v) is 11.9. The summed E-state index contributed by atoms with van der Waals surface area (Å²) in [4.78, 5) is 18.2. The molecule has 0 spiro atoms. The van der Waals surface area contributed by atoms with Crippen molar-refractivity contribution in [3.63, 3.8) is 0 Å². The van der Waals surface area contributed by atoms with Crippen molar-refractivity contribution in [2.75, 3.05) is 39.7 Å². The number of piperidine rings is 1. The molecule has 0 bridgehead atoms. The van der Waals surface area contributed by atoms with Crippen LogP contribution in [0.4, 0.5) is 19.3 Å². The van der Waals surface area contributed by atoms with Gasteiger partial charge >= 0.3 is 6.09 Å². The number of anilines is 1. The quantitative estimate of drug-likeness (QED) is 0.419. The maximum atomic E-state index is 16.1. The summed E-state index contributed by atoms with van der Waals surface area (Å²) in [6.45, 7) is 3.06. The number of ether oxygens (including phenoxy) is 2. The average molecular weight is 511 g/mol. The lowest BCUT2D eigenvalue weighted by atomic mass is 9.86. The number of carbonyl (C=O) groups excluding carboxylic acids is 1. The Kier molecular flexibility index (Phi) is 6.32. The van der Waals surface area contributed by atoms with E-state index in [2.05, 4.69) is 25.0 Å². The van der Waals surface area contributed by atoms with Gasteiger partial charge in [-0.25, -0.2) is 23.2 Å². The first kappa shape index (κ1) is 24.7. The highest BCUT2D eigenvalue weighted by Crippen LogP contribution is 2.42. The average Bonchev–Trinajstić information content (AvgIpc) is 3.53. The number of likely N-dealkylation sites (tertiary alicyclic amines) is 1. The number of aromatic nitrogens is 4. The molecule has 11 heteroatoms. The molecule has 4 aromatic rings. The molecule has 5 rings (SSSR count). The van der Waals surface area contributed by atoms with E-state index in [4.69, 9.17) is 4.74 Å². The molecular formula is C26H28F2N6O3. The molecule has 1 aliphatic heterocycles. The second-order valence-corrected chi connectivity index (χ2v) is 9.30. The maximum absolute atomic E-state index is 16.1. The van der Waals surface area contributed by atoms with E-state index in [0.29, 0.717) is 59.8 Å². The van der Waals surface area contributed by atoms with Crippen LogP contribution in [0.5, 0.6) is 5.75 Å². The minimum atomic E-state index is -1.51. The van der Waals surface area contributed by atoms with Gasteiger partial charge in [0.2, 0.25) is 0 Å². The number of carbonyl (C=O) groups is 1. The number of nitrogens with zero attached hydrogens (tertiary/aromatic N) is 5. The summed E-state index contributed by atoms with van der Waals surface area (Å²) in [7, 11) is 4.73. The number of amides is 1. The van der Waals surface area contributed by atoms with Gasteiger partial charge in [-0.2, -0.15) is 5.10 Å². The van der Waals surface area contributed by atoms with Crippen LogP contribution < -0.4 is 10.1 Å². The highest BCUT2D eigenvalue weighted by atomic mass is 19.1. The molecule has 0 atom stereocenters. The number of benzene rings is 1. The SMILES string of the molecule is COC(=O)Nc1cc(-n2cc(-c3cnc4cc(OC)c(C5(F)CCN(C)CC5)cn34)cn2)c(C)cc1F. The smallest absolute Gasteiger partial charge is 0.411 e. The van der Waals surface area contributed by atoms with Gasteiger partial charge in [0.25, 0.3) is 0 Å². The Balaban J connectivity index is 1.55. The molecular weight excluding hydrogens is 482 g/mol. The van der Waals surface area contributed by atoms with Gasteiger partial charge in [-0.1, -0.05) is 0 Å². The van der Waals surface area contributed by atoms with Crippen LogP contribution >= 0.6 is 0 Å². The third-order valence-corrected chi connectivity index (χ3v) is 6.92. The van der Waals surface area contributed by atoms with Crippen molar-refractivity contribution in [2.24, 2.45) is 0 Å². The Labute approximate surface area is 212 Å². The lowest BCUT2D eigenvalue weighted by Gasteiger charge is -2.35. The van der Waals surface area contributed by atoms with Crippen molar-refractivity contribution >= 4 is 17.4 Å². The van der Waals surface area contributed by atoms with Gasteiger partial charge in [0, 0.05) is 42.7 Å². The van der Waals surface area contributed by atoms with Gasteiger partial charge in [0.05, 0.1) is 43.7 Å². The number of hydrogen-bond acceptors (Lipinski definition) is 6. The highest BCUT2D eigenvalue weighted by molar-refractivity contribution is 5.85. The van der Waals surface area contributed by atoms with Crippen LogP contribution in [0.3, 0.4) is 0 Å². The lowest BCUT2D eigenvalue weighted by Crippen LogP contribution is -2.38. The Bertz CT molecular complexity index is 1470. The number of methoxy groups -OCH3 is 2. The molecule has 0 saturated carbocycles. The summed E-state index contributed by atoms with van der Waals surface area (Å²) in [5.74, 6) is -0.115. The standard InChI is InChI=1S/C26H28F2N6O3/c1-16-9-19(27)20(31-25(35)37-4)10-21(16)34-14-17(12-30-34)22-13-29-24-11-23(36-3)18(15-33(22)24)26(28)5-7-32(2)8-6-26/h9-15H,5-8H2,1-4H3,(H,31,35). The summed E-state index contributed by atoms with van der Waals surface area (Å²) in [5.41, 5.74) is 2.21. The monoisotopic (exact) mass is 510 g/mol. The van der Waals surface area contributed by atoms with E-state index in [9.17, 15) is 9.18 Å². The fourth-order valence-corrected chi connectivity index (χ4v) is 4.72. The number of alkyl halides is 1. The van der Waals surface area contributed by atoms with E-state index < -0.39 is 17.6 Å². The van der Waals surface area contributed by atoms with Crippen molar-refractivity contribution in [1.29, 1.82) is 0 Å². The molecule has 1 saturated heterocycles. The van der Waals surface area contributed by atoms with Crippen LogP contribution in [-0.4, -0.2) is 64.5 Å². The van der Waals surface area contributed by atoms with E-state index in [-0.39, 0.29) is 5.69 Å². The number of imidazole rings is 1. The van der Waals surface area contributed by atoms with Gasteiger partial charge < -0.3 is 14.4 Å². The molecule has 1 aromatic carbocycles. The number of hydrogen-bond donors (Lipinski definition) is 1. The number of pyridine rings is 1. The van der Waals surface area contributed by atoms with Crippen LogP contribution in [0.1, 0.15) is 24.0 Å². The summed E-state index contributed by atoms with van der Waals surface area (Å²) in [5, 5.41) is 6.82. The number of rotatable bonds is 5. The number of fused-ring (bicyclic) bond motifs is 1. The van der Waals surface area contributed by atoms with E-state index in [0.717, 1.165) is 5.56 Å². The molecule has 4 heterocycles. The summed E-state index contributed by atoms with van der Waals surface area (Å²) in [6, 6.07) is 4.55. The highest BCUT2D eigenvalue weighted by Gasteiger charge is 2.38. The van der Waals surface area contributed by atoms with Crippen LogP contribution in [0.2, 0.25) is 0 Å². The Morgan fingerprint density at radius 3 is 2.59 bits per heavy atom. The Morgan fingerprint density at radius 2 is 1.89 bits per heavy atom. The third kappa shape index (κ3) is 4.50. The zero-order chi connectivity index (χ0) is 26.3. The second-order valence-electron chi connectivity index (χ2n) is 9.30. The normalized spacial score (nSPS) is 15.6. The summed E-state index contributed by atoms with van der Waals surface area (Å²) < 4.78 is 44.1. The predicted octanol–water partition coefficient (Wildman–Crippen LogP) is 4.71. The molecule has 1 aliphatic rings. The Morgan fingerprint density at radius 1 is 1.14 bits per heavy atom. The fourth-order valence-electron chi connectivity index (χ4n) is 4.72. The molecule has 9 nitrogen and oxygen atoms in total. The molecule has 1 amide bonds. The fraction of sp³-hybridized carbons (Fsp3) is 0.346. The summed E-state index contributed by atoms with van der Waals surface area (Å²) >= 11 is 0. The van der Waals surface area contributed by atoms with E-state index in [1.807, 2.05) is 11.4 Å². The van der Waals surface area contributed by atoms with Gasteiger partial charge in [-0.05, 0) is 44.5 Å². The minimum Gasteiger partial charge on any atom is -0.496 e. The van der Waals surface area contributed by atoms with Crippen LogP contribution in [0, 0.1) is 12.7 Å². The number of nitrogens with one attached hydrogen (secondary N) is 1. The van der Waals surface area contributed by atoms with Gasteiger partial charge in [-0.15, -0.1) is 0 Å². The zero-order valence-electron chi connectivity index (χ0n) is 21.1. The number of aryl methyl sites for hydroxylation is 1. The Hall–Kier alpha value is -3.99. The van der Waals surface area contributed by atoms with Crippen LogP contribution in [0.15, 0.2) is 43.0 Å². The van der Waals surface area contributed by atoms with Crippen LogP contribution in [-0.2, 0) is 10.4 Å². The third-order valence-electron chi connectivity index (χ3n) is 6.92.